The van der Waals surface area contributed by atoms with E-state index in [1.807, 2.05) is 48.5 Å². The highest BCUT2D eigenvalue weighted by Crippen LogP contribution is 2.28. The maximum atomic E-state index is 12.7. The first-order chi connectivity index (χ1) is 15.2. The number of methoxy groups -OCH3 is 1. The summed E-state index contributed by atoms with van der Waals surface area (Å²) in [4.78, 5) is 15.2. The summed E-state index contributed by atoms with van der Waals surface area (Å²) in [7, 11) is 1.64. The molecule has 1 fully saturated rings. The molecule has 0 aromatic heterocycles. The molecule has 3 heteroatoms. The lowest BCUT2D eigenvalue weighted by atomic mass is 9.89. The van der Waals surface area contributed by atoms with Crippen LogP contribution in [0.25, 0.3) is 6.08 Å². The molecular weight excluding hydrogens is 382 g/mol. The molecule has 0 amide bonds. The van der Waals surface area contributed by atoms with Crippen molar-refractivity contribution in [3.8, 4) is 5.75 Å². The van der Waals surface area contributed by atoms with Gasteiger partial charge in [-0.05, 0) is 72.8 Å². The number of hydrogen-bond donors (Lipinski definition) is 0. The summed E-state index contributed by atoms with van der Waals surface area (Å²) in [6.45, 7) is 3.07. The zero-order valence-corrected chi connectivity index (χ0v) is 18.0. The molecule has 0 radical (unpaired) electrons. The van der Waals surface area contributed by atoms with Crippen LogP contribution < -0.4 is 4.74 Å². The first-order valence-corrected chi connectivity index (χ1v) is 10.9. The van der Waals surface area contributed by atoms with Gasteiger partial charge in [0.25, 0.3) is 0 Å². The van der Waals surface area contributed by atoms with Crippen molar-refractivity contribution in [3.05, 3.63) is 107 Å². The van der Waals surface area contributed by atoms with Gasteiger partial charge < -0.3 is 4.74 Å². The molecule has 0 spiro atoms. The van der Waals surface area contributed by atoms with Crippen LogP contribution in [0.5, 0.6) is 5.75 Å². The molecule has 1 aliphatic rings. The summed E-state index contributed by atoms with van der Waals surface area (Å²) >= 11 is 0. The van der Waals surface area contributed by atoms with Crippen LogP contribution in [0.3, 0.4) is 0 Å². The van der Waals surface area contributed by atoms with Crippen LogP contribution in [0.4, 0.5) is 0 Å². The van der Waals surface area contributed by atoms with E-state index in [1.54, 1.807) is 13.2 Å². The molecule has 1 heterocycles. The fourth-order valence-corrected chi connectivity index (χ4v) is 4.24. The van der Waals surface area contributed by atoms with Crippen molar-refractivity contribution in [2.24, 2.45) is 0 Å². The molecule has 3 nitrogen and oxygen atoms in total. The minimum absolute atomic E-state index is 0.0208. The number of ether oxygens (including phenoxy) is 1. The van der Waals surface area contributed by atoms with Crippen molar-refractivity contribution in [2.75, 3.05) is 20.2 Å². The Kier molecular flexibility index (Phi) is 6.96. The number of carbonyl (C=O) groups is 1. The molecule has 3 aromatic carbocycles. The van der Waals surface area contributed by atoms with Crippen molar-refractivity contribution in [3.63, 3.8) is 0 Å². The Morgan fingerprint density at radius 2 is 1.74 bits per heavy atom. The summed E-state index contributed by atoms with van der Waals surface area (Å²) in [6.07, 6.45) is 5.85. The first kappa shape index (κ1) is 21.1. The van der Waals surface area contributed by atoms with E-state index >= 15 is 0 Å². The number of benzene rings is 3. The molecule has 1 saturated heterocycles. The average molecular weight is 412 g/mol. The van der Waals surface area contributed by atoms with E-state index in [9.17, 15) is 4.79 Å². The van der Waals surface area contributed by atoms with Gasteiger partial charge in [-0.2, -0.15) is 0 Å². The van der Waals surface area contributed by atoms with Gasteiger partial charge in [-0.1, -0.05) is 66.7 Å². The molecule has 4 rings (SSSR count). The predicted octanol–water partition coefficient (Wildman–Crippen LogP) is 5.97. The van der Waals surface area contributed by atoms with Crippen molar-refractivity contribution in [2.45, 2.75) is 25.3 Å². The molecule has 0 saturated carbocycles. The van der Waals surface area contributed by atoms with Crippen LogP contribution >= 0.6 is 0 Å². The Hall–Kier alpha value is -3.17. The number of allylic oxidation sites excluding steroid dienone is 1. The van der Waals surface area contributed by atoms with E-state index in [-0.39, 0.29) is 5.78 Å². The van der Waals surface area contributed by atoms with E-state index in [4.69, 9.17) is 4.74 Å². The maximum Gasteiger partial charge on any atom is 0.185 e. The maximum absolute atomic E-state index is 12.7. The molecule has 0 unspecified atom stereocenters. The monoisotopic (exact) mass is 411 g/mol. The van der Waals surface area contributed by atoms with Crippen molar-refractivity contribution in [1.82, 2.24) is 4.90 Å². The number of carbonyl (C=O) groups excluding carboxylic acids is 1. The van der Waals surface area contributed by atoms with Gasteiger partial charge in [0.1, 0.15) is 5.75 Å². The fourth-order valence-electron chi connectivity index (χ4n) is 4.24. The van der Waals surface area contributed by atoms with E-state index in [0.717, 1.165) is 36.5 Å². The molecule has 3 aromatic rings. The lowest BCUT2D eigenvalue weighted by molar-refractivity contribution is 0.104. The van der Waals surface area contributed by atoms with Crippen molar-refractivity contribution < 1.29 is 9.53 Å². The number of hydrogen-bond acceptors (Lipinski definition) is 3. The van der Waals surface area contributed by atoms with E-state index in [2.05, 4.69) is 41.3 Å². The smallest absolute Gasteiger partial charge is 0.185 e. The molecule has 0 N–H and O–H groups in total. The second-order valence-corrected chi connectivity index (χ2v) is 8.14. The quantitative estimate of drug-likeness (QED) is 0.354. The number of likely N-dealkylation sites (tertiary alicyclic amines) is 1. The highest BCUT2D eigenvalue weighted by molar-refractivity contribution is 6.06. The van der Waals surface area contributed by atoms with Crippen LogP contribution in [0, 0.1) is 0 Å². The molecule has 158 valence electrons. The highest BCUT2D eigenvalue weighted by Gasteiger charge is 2.20. The Morgan fingerprint density at radius 1 is 0.968 bits per heavy atom. The largest absolute Gasteiger partial charge is 0.497 e. The summed E-state index contributed by atoms with van der Waals surface area (Å²) in [5.41, 5.74) is 4.33. The van der Waals surface area contributed by atoms with Gasteiger partial charge in [-0.25, -0.2) is 0 Å². The molecule has 31 heavy (non-hydrogen) atoms. The molecule has 1 aliphatic heterocycles. The molecule has 0 bridgehead atoms. The minimum Gasteiger partial charge on any atom is -0.497 e. The minimum atomic E-state index is 0.0208. The average Bonchev–Trinajstić information content (AvgIpc) is 2.84. The highest BCUT2D eigenvalue weighted by atomic mass is 16.5. The lowest BCUT2D eigenvalue weighted by Gasteiger charge is -2.32. The Balaban J connectivity index is 1.35. The molecule has 0 aliphatic carbocycles. The van der Waals surface area contributed by atoms with E-state index in [1.165, 1.54) is 24.0 Å². The van der Waals surface area contributed by atoms with Crippen LogP contribution in [0.2, 0.25) is 0 Å². The number of ketones is 1. The van der Waals surface area contributed by atoms with E-state index < -0.39 is 0 Å². The number of rotatable bonds is 7. The SMILES string of the molecule is COc1cccc(/C=C/C(=O)c2cccc(CN3CCC(c4ccccc4)CC3)c2)c1. The van der Waals surface area contributed by atoms with Crippen LogP contribution in [0.15, 0.2) is 84.9 Å². The van der Waals surface area contributed by atoms with Gasteiger partial charge in [-0.3, -0.25) is 9.69 Å². The van der Waals surface area contributed by atoms with Gasteiger partial charge >= 0.3 is 0 Å². The summed E-state index contributed by atoms with van der Waals surface area (Å²) in [5.74, 6) is 1.46. The lowest BCUT2D eigenvalue weighted by Crippen LogP contribution is -2.32. The second kappa shape index (κ2) is 10.2. The topological polar surface area (TPSA) is 29.5 Å². The first-order valence-electron chi connectivity index (χ1n) is 10.9. The normalized spacial score (nSPS) is 15.3. The Morgan fingerprint density at radius 3 is 2.52 bits per heavy atom. The van der Waals surface area contributed by atoms with Crippen LogP contribution in [0.1, 0.15) is 45.8 Å². The van der Waals surface area contributed by atoms with Crippen LogP contribution in [-0.4, -0.2) is 30.9 Å². The molecule has 0 atom stereocenters. The zero-order chi connectivity index (χ0) is 21.5. The third-order valence-corrected chi connectivity index (χ3v) is 6.00. The summed E-state index contributed by atoms with van der Waals surface area (Å²) in [6, 6.07) is 26.5. The Labute approximate surface area is 185 Å². The van der Waals surface area contributed by atoms with Gasteiger partial charge in [0.2, 0.25) is 0 Å². The van der Waals surface area contributed by atoms with Crippen molar-refractivity contribution >= 4 is 11.9 Å². The summed E-state index contributed by atoms with van der Waals surface area (Å²) < 4.78 is 5.24. The van der Waals surface area contributed by atoms with Gasteiger partial charge in [-0.15, -0.1) is 0 Å². The number of nitrogens with zero attached hydrogens (tertiary/aromatic N) is 1. The third-order valence-electron chi connectivity index (χ3n) is 6.00. The van der Waals surface area contributed by atoms with E-state index in [0.29, 0.717) is 5.92 Å². The fraction of sp³-hybridized carbons (Fsp3) is 0.250. The van der Waals surface area contributed by atoms with Gasteiger partial charge in [0, 0.05) is 12.1 Å². The zero-order valence-electron chi connectivity index (χ0n) is 18.0. The molecular formula is C28H29NO2. The van der Waals surface area contributed by atoms with Crippen molar-refractivity contribution in [1.29, 1.82) is 0 Å². The number of piperidine rings is 1. The van der Waals surface area contributed by atoms with Gasteiger partial charge in [0.15, 0.2) is 5.78 Å². The second-order valence-electron chi connectivity index (χ2n) is 8.14. The van der Waals surface area contributed by atoms with Crippen LogP contribution in [-0.2, 0) is 6.54 Å². The third kappa shape index (κ3) is 5.71. The summed E-state index contributed by atoms with van der Waals surface area (Å²) in [5, 5.41) is 0. The Bertz CT molecular complexity index is 1030. The standard InChI is InChI=1S/C28H29NO2/c1-31-27-12-6-7-22(20-27)13-14-28(30)26-11-5-8-23(19-26)21-29-17-15-25(16-18-29)24-9-3-2-4-10-24/h2-14,19-20,25H,15-18,21H2,1H3/b14-13+. The predicted molar refractivity (Wildman–Crippen MR) is 126 cm³/mol. The van der Waals surface area contributed by atoms with Gasteiger partial charge in [0.05, 0.1) is 7.11 Å².